The molecule has 1 aliphatic carbocycles. The lowest BCUT2D eigenvalue weighted by Crippen LogP contribution is -2.50. The normalized spacial score (nSPS) is 31.4. The quantitative estimate of drug-likeness (QED) is 0.707. The Kier molecular flexibility index (Phi) is 6.26. The van der Waals surface area contributed by atoms with E-state index in [2.05, 4.69) is 10.2 Å². The molecule has 1 heterocycles. The zero-order chi connectivity index (χ0) is 14.4. The average molecular weight is 284 g/mol. The van der Waals surface area contributed by atoms with Gasteiger partial charge in [-0.1, -0.05) is 12.8 Å². The highest BCUT2D eigenvalue weighted by Gasteiger charge is 2.37. The van der Waals surface area contributed by atoms with Crippen LogP contribution in [0, 0.1) is 5.92 Å². The molecular weight excluding hydrogens is 256 g/mol. The van der Waals surface area contributed by atoms with E-state index in [9.17, 15) is 9.90 Å². The van der Waals surface area contributed by atoms with Crippen LogP contribution in [0.2, 0.25) is 0 Å². The van der Waals surface area contributed by atoms with Gasteiger partial charge < -0.3 is 15.2 Å². The molecule has 1 saturated heterocycles. The third-order valence-electron chi connectivity index (χ3n) is 4.67. The first-order valence-corrected chi connectivity index (χ1v) is 7.90. The van der Waals surface area contributed by atoms with Crippen molar-refractivity contribution in [2.75, 3.05) is 33.4 Å². The number of methoxy groups -OCH3 is 1. The predicted molar refractivity (Wildman–Crippen MR) is 77.4 cm³/mol. The summed E-state index contributed by atoms with van der Waals surface area (Å²) in [5.74, 6) is 0.434. The third-order valence-corrected chi connectivity index (χ3v) is 4.67. The maximum absolute atomic E-state index is 12.0. The van der Waals surface area contributed by atoms with Gasteiger partial charge in [0.05, 0.1) is 19.3 Å². The van der Waals surface area contributed by atoms with Crippen LogP contribution in [0.1, 0.15) is 38.5 Å². The Balaban J connectivity index is 1.85. The number of ether oxygens (including phenoxy) is 1. The molecule has 2 rings (SSSR count). The molecular formula is C15H28N2O3. The van der Waals surface area contributed by atoms with Crippen molar-refractivity contribution in [3.63, 3.8) is 0 Å². The van der Waals surface area contributed by atoms with Gasteiger partial charge in [0, 0.05) is 25.6 Å². The van der Waals surface area contributed by atoms with E-state index >= 15 is 0 Å². The van der Waals surface area contributed by atoms with Crippen LogP contribution in [0.5, 0.6) is 0 Å². The second-order valence-electron chi connectivity index (χ2n) is 6.04. The number of amides is 1. The van der Waals surface area contributed by atoms with Crippen molar-refractivity contribution in [1.82, 2.24) is 10.2 Å². The summed E-state index contributed by atoms with van der Waals surface area (Å²) in [6, 6.07) is 0.384. The van der Waals surface area contributed by atoms with E-state index < -0.39 is 0 Å². The number of aliphatic hydroxyl groups is 1. The van der Waals surface area contributed by atoms with Gasteiger partial charge in [0.1, 0.15) is 0 Å². The van der Waals surface area contributed by atoms with Crippen molar-refractivity contribution in [3.8, 4) is 0 Å². The molecule has 1 saturated carbocycles. The number of hydrogen-bond acceptors (Lipinski definition) is 4. The van der Waals surface area contributed by atoms with Crippen LogP contribution in [-0.4, -0.2) is 61.4 Å². The second-order valence-corrected chi connectivity index (χ2v) is 6.04. The summed E-state index contributed by atoms with van der Waals surface area (Å²) in [5.41, 5.74) is 0. The third kappa shape index (κ3) is 4.17. The number of carbonyl (C=O) groups excluding carboxylic acids is 1. The van der Waals surface area contributed by atoms with Gasteiger partial charge in [0.15, 0.2) is 0 Å². The van der Waals surface area contributed by atoms with Gasteiger partial charge in [-0.05, 0) is 32.2 Å². The highest BCUT2D eigenvalue weighted by molar-refractivity contribution is 5.78. The number of hydrogen-bond donors (Lipinski definition) is 2. The molecule has 0 aromatic carbocycles. The van der Waals surface area contributed by atoms with Crippen LogP contribution >= 0.6 is 0 Å². The van der Waals surface area contributed by atoms with Crippen molar-refractivity contribution in [2.24, 2.45) is 5.92 Å². The number of nitrogens with zero attached hydrogens (tertiary/aromatic N) is 1. The summed E-state index contributed by atoms with van der Waals surface area (Å²) < 4.78 is 4.94. The highest BCUT2D eigenvalue weighted by atomic mass is 16.5. The molecule has 20 heavy (non-hydrogen) atoms. The van der Waals surface area contributed by atoms with Crippen LogP contribution in [-0.2, 0) is 9.53 Å². The number of nitrogens with one attached hydrogen (secondary N) is 1. The molecule has 3 unspecified atom stereocenters. The molecule has 1 amide bonds. The Morgan fingerprint density at radius 2 is 2.15 bits per heavy atom. The molecule has 2 fully saturated rings. The van der Waals surface area contributed by atoms with Crippen LogP contribution in [0.25, 0.3) is 0 Å². The Labute approximate surface area is 121 Å². The summed E-state index contributed by atoms with van der Waals surface area (Å²) in [7, 11) is 1.63. The summed E-state index contributed by atoms with van der Waals surface area (Å²) in [4.78, 5) is 14.2. The lowest BCUT2D eigenvalue weighted by molar-refractivity contribution is -0.124. The van der Waals surface area contributed by atoms with E-state index in [1.807, 2.05) is 0 Å². The Bertz CT molecular complexity index is 311. The minimum atomic E-state index is -0.169. The maximum Gasteiger partial charge on any atom is 0.234 e. The van der Waals surface area contributed by atoms with Crippen LogP contribution in [0.3, 0.4) is 0 Å². The fraction of sp³-hybridized carbons (Fsp3) is 0.933. The maximum atomic E-state index is 12.0. The number of aliphatic hydroxyl groups excluding tert-OH is 1. The molecule has 0 bridgehead atoms. The smallest absolute Gasteiger partial charge is 0.234 e. The molecule has 5 nitrogen and oxygen atoms in total. The average Bonchev–Trinajstić information content (AvgIpc) is 2.86. The topological polar surface area (TPSA) is 61.8 Å². The highest BCUT2D eigenvalue weighted by Crippen LogP contribution is 2.34. The van der Waals surface area contributed by atoms with Gasteiger partial charge in [-0.15, -0.1) is 0 Å². The summed E-state index contributed by atoms with van der Waals surface area (Å²) in [6.07, 6.45) is 6.48. The van der Waals surface area contributed by atoms with Gasteiger partial charge in [0.2, 0.25) is 5.91 Å². The first-order chi connectivity index (χ1) is 9.72. The Hall–Kier alpha value is -0.650. The molecule has 0 aromatic heterocycles. The van der Waals surface area contributed by atoms with Crippen molar-refractivity contribution in [3.05, 3.63) is 0 Å². The first-order valence-electron chi connectivity index (χ1n) is 7.90. The lowest BCUT2D eigenvalue weighted by Gasteiger charge is -2.40. The molecule has 0 aromatic rings. The standard InChI is InChI=1S/C15H28N2O3/c1-20-10-8-16-15(19)11-17-9-3-2-6-13(17)12-5-4-7-14(12)18/h12-14,18H,2-11H2,1H3,(H,16,19). The second kappa shape index (κ2) is 7.96. The van der Waals surface area contributed by atoms with Crippen molar-refractivity contribution in [1.29, 1.82) is 0 Å². The van der Waals surface area contributed by atoms with Crippen molar-refractivity contribution < 1.29 is 14.6 Å². The van der Waals surface area contributed by atoms with Gasteiger partial charge in [0.25, 0.3) is 0 Å². The number of carbonyl (C=O) groups is 1. The molecule has 2 N–H and O–H groups in total. The van der Waals surface area contributed by atoms with Gasteiger partial charge in [-0.3, -0.25) is 9.69 Å². The molecule has 3 atom stereocenters. The summed E-state index contributed by atoms with van der Waals surface area (Å²) in [5, 5.41) is 13.0. The zero-order valence-corrected chi connectivity index (χ0v) is 12.5. The van der Waals surface area contributed by atoms with E-state index in [1.165, 1.54) is 6.42 Å². The molecule has 116 valence electrons. The summed E-state index contributed by atoms with van der Waals surface area (Å²) >= 11 is 0. The first kappa shape index (κ1) is 15.7. The minimum Gasteiger partial charge on any atom is -0.393 e. The number of rotatable bonds is 6. The van der Waals surface area contributed by atoms with E-state index in [1.54, 1.807) is 7.11 Å². The van der Waals surface area contributed by atoms with E-state index in [-0.39, 0.29) is 12.0 Å². The van der Waals surface area contributed by atoms with Crippen molar-refractivity contribution >= 4 is 5.91 Å². The molecule has 2 aliphatic rings. The lowest BCUT2D eigenvalue weighted by atomic mass is 9.88. The molecule has 0 radical (unpaired) electrons. The molecule has 5 heteroatoms. The summed E-state index contributed by atoms with van der Waals surface area (Å²) in [6.45, 7) is 2.56. The van der Waals surface area contributed by atoms with E-state index in [4.69, 9.17) is 4.74 Å². The largest absolute Gasteiger partial charge is 0.393 e. The minimum absolute atomic E-state index is 0.0708. The van der Waals surface area contributed by atoms with Crippen LogP contribution in [0.4, 0.5) is 0 Å². The van der Waals surface area contributed by atoms with Crippen molar-refractivity contribution in [2.45, 2.75) is 50.7 Å². The molecule has 0 spiro atoms. The van der Waals surface area contributed by atoms with Gasteiger partial charge in [-0.2, -0.15) is 0 Å². The van der Waals surface area contributed by atoms with Crippen LogP contribution < -0.4 is 5.32 Å². The monoisotopic (exact) mass is 284 g/mol. The van der Waals surface area contributed by atoms with Gasteiger partial charge in [-0.25, -0.2) is 0 Å². The number of likely N-dealkylation sites (tertiary alicyclic amines) is 1. The Morgan fingerprint density at radius 3 is 2.85 bits per heavy atom. The zero-order valence-electron chi connectivity index (χ0n) is 12.5. The van der Waals surface area contributed by atoms with E-state index in [0.717, 1.165) is 38.6 Å². The molecule has 1 aliphatic heterocycles. The SMILES string of the molecule is COCCNC(=O)CN1CCCCC1C1CCCC1O. The van der Waals surface area contributed by atoms with Crippen LogP contribution in [0.15, 0.2) is 0 Å². The fourth-order valence-corrected chi connectivity index (χ4v) is 3.65. The number of piperidine rings is 1. The predicted octanol–water partition coefficient (Wildman–Crippen LogP) is 0.765. The van der Waals surface area contributed by atoms with Gasteiger partial charge >= 0.3 is 0 Å². The Morgan fingerprint density at radius 1 is 1.30 bits per heavy atom. The van der Waals surface area contributed by atoms with E-state index in [0.29, 0.717) is 31.7 Å². The fourth-order valence-electron chi connectivity index (χ4n) is 3.65.